The van der Waals surface area contributed by atoms with E-state index in [9.17, 15) is 9.59 Å². The fraction of sp³-hybridized carbons (Fsp3) is 0.333. The molecular weight excluding hydrogens is 244 g/mol. The predicted molar refractivity (Wildman–Crippen MR) is 70.7 cm³/mol. The molecule has 0 saturated carbocycles. The Hall–Kier alpha value is -2.10. The molecular formula is C15H16O4. The van der Waals surface area contributed by atoms with Gasteiger partial charge in [-0.25, -0.2) is 4.79 Å². The normalized spacial score (nSPS) is 16.6. The van der Waals surface area contributed by atoms with Gasteiger partial charge in [-0.1, -0.05) is 12.1 Å². The molecule has 1 aliphatic rings. The molecule has 0 N–H and O–H groups in total. The Morgan fingerprint density at radius 1 is 1.05 bits per heavy atom. The standard InChI is InChI=1S/C15H16O4/c1-8-5-10-7-12(14(16)18-3)13(15(17)19-4)11(10)6-9(8)2/h5-7,13H,1-4H3. The number of methoxy groups -OCH3 is 2. The van der Waals surface area contributed by atoms with Crippen molar-refractivity contribution in [3.8, 4) is 0 Å². The zero-order valence-electron chi connectivity index (χ0n) is 11.4. The van der Waals surface area contributed by atoms with Gasteiger partial charge in [0.15, 0.2) is 0 Å². The second kappa shape index (κ2) is 4.88. The molecule has 0 aromatic heterocycles. The SMILES string of the molecule is COC(=O)C1=Cc2cc(C)c(C)cc2C1C(=O)OC. The van der Waals surface area contributed by atoms with E-state index in [0.717, 1.165) is 22.3 Å². The Morgan fingerprint density at radius 3 is 2.26 bits per heavy atom. The number of hydrogen-bond donors (Lipinski definition) is 0. The zero-order chi connectivity index (χ0) is 14.2. The molecule has 0 amide bonds. The predicted octanol–water partition coefficient (Wildman–Crippen LogP) is 2.13. The minimum atomic E-state index is -0.688. The molecule has 0 radical (unpaired) electrons. The second-order valence-corrected chi connectivity index (χ2v) is 4.61. The van der Waals surface area contributed by atoms with Crippen LogP contribution < -0.4 is 0 Å². The van der Waals surface area contributed by atoms with Gasteiger partial charge in [0, 0.05) is 0 Å². The average molecular weight is 260 g/mol. The lowest BCUT2D eigenvalue weighted by molar-refractivity contribution is -0.144. The summed E-state index contributed by atoms with van der Waals surface area (Å²) in [5.74, 6) is -1.63. The molecule has 100 valence electrons. The molecule has 1 atom stereocenters. The van der Waals surface area contributed by atoms with E-state index in [4.69, 9.17) is 9.47 Å². The summed E-state index contributed by atoms with van der Waals surface area (Å²) in [7, 11) is 2.62. The van der Waals surface area contributed by atoms with Crippen LogP contribution in [-0.4, -0.2) is 26.2 Å². The molecule has 1 aliphatic carbocycles. The highest BCUT2D eigenvalue weighted by molar-refractivity contribution is 6.05. The first-order chi connectivity index (χ1) is 8.99. The Morgan fingerprint density at radius 2 is 1.68 bits per heavy atom. The lowest BCUT2D eigenvalue weighted by atomic mass is 9.93. The lowest BCUT2D eigenvalue weighted by Gasteiger charge is -2.14. The topological polar surface area (TPSA) is 52.6 Å². The van der Waals surface area contributed by atoms with Crippen molar-refractivity contribution in [3.05, 3.63) is 40.0 Å². The third-order valence-corrected chi connectivity index (χ3v) is 3.49. The first-order valence-electron chi connectivity index (χ1n) is 5.98. The van der Waals surface area contributed by atoms with Crippen LogP contribution in [0.3, 0.4) is 0 Å². The number of benzene rings is 1. The molecule has 0 heterocycles. The summed E-state index contributed by atoms with van der Waals surface area (Å²) in [5, 5.41) is 0. The molecule has 1 aromatic carbocycles. The van der Waals surface area contributed by atoms with E-state index in [1.165, 1.54) is 14.2 Å². The summed E-state index contributed by atoms with van der Waals surface area (Å²) in [4.78, 5) is 23.7. The number of carbonyl (C=O) groups is 2. The van der Waals surface area contributed by atoms with Crippen LogP contribution in [0.4, 0.5) is 0 Å². The molecule has 0 bridgehead atoms. The first-order valence-corrected chi connectivity index (χ1v) is 5.98. The highest BCUT2D eigenvalue weighted by atomic mass is 16.5. The number of carbonyl (C=O) groups excluding carboxylic acids is 2. The van der Waals surface area contributed by atoms with Crippen molar-refractivity contribution in [2.45, 2.75) is 19.8 Å². The van der Waals surface area contributed by atoms with Crippen molar-refractivity contribution >= 4 is 18.0 Å². The number of esters is 2. The third-order valence-electron chi connectivity index (χ3n) is 3.49. The van der Waals surface area contributed by atoms with E-state index < -0.39 is 17.9 Å². The van der Waals surface area contributed by atoms with Gasteiger partial charge in [0.2, 0.25) is 0 Å². The van der Waals surface area contributed by atoms with Gasteiger partial charge in [0.25, 0.3) is 0 Å². The van der Waals surface area contributed by atoms with Gasteiger partial charge in [-0.05, 0) is 42.2 Å². The van der Waals surface area contributed by atoms with E-state index in [-0.39, 0.29) is 0 Å². The van der Waals surface area contributed by atoms with Gasteiger partial charge < -0.3 is 9.47 Å². The van der Waals surface area contributed by atoms with Crippen LogP contribution in [0.15, 0.2) is 17.7 Å². The number of hydrogen-bond acceptors (Lipinski definition) is 4. The maximum Gasteiger partial charge on any atom is 0.334 e. The fourth-order valence-electron chi connectivity index (χ4n) is 2.32. The fourth-order valence-corrected chi connectivity index (χ4v) is 2.32. The summed E-state index contributed by atoms with van der Waals surface area (Å²) in [5.41, 5.74) is 4.19. The van der Waals surface area contributed by atoms with Gasteiger partial charge in [0.1, 0.15) is 5.92 Å². The van der Waals surface area contributed by atoms with Crippen LogP contribution in [0.25, 0.3) is 6.08 Å². The Bertz CT molecular complexity index is 584. The van der Waals surface area contributed by atoms with Crippen molar-refractivity contribution in [2.75, 3.05) is 14.2 Å². The summed E-state index contributed by atoms with van der Waals surface area (Å²) in [6.07, 6.45) is 1.70. The smallest absolute Gasteiger partial charge is 0.334 e. The number of rotatable bonds is 2. The Kier molecular flexibility index (Phi) is 3.42. The summed E-state index contributed by atoms with van der Waals surface area (Å²) in [6.45, 7) is 3.97. The molecule has 0 aliphatic heterocycles. The van der Waals surface area contributed by atoms with Crippen molar-refractivity contribution in [1.29, 1.82) is 0 Å². The minimum Gasteiger partial charge on any atom is -0.468 e. The summed E-state index contributed by atoms with van der Waals surface area (Å²) < 4.78 is 9.53. The van der Waals surface area contributed by atoms with E-state index in [0.29, 0.717) is 5.57 Å². The van der Waals surface area contributed by atoms with Crippen molar-refractivity contribution < 1.29 is 19.1 Å². The van der Waals surface area contributed by atoms with E-state index in [2.05, 4.69) is 0 Å². The largest absolute Gasteiger partial charge is 0.468 e. The van der Waals surface area contributed by atoms with Crippen LogP contribution >= 0.6 is 0 Å². The van der Waals surface area contributed by atoms with Gasteiger partial charge in [-0.3, -0.25) is 4.79 Å². The average Bonchev–Trinajstić information content (AvgIpc) is 2.76. The van der Waals surface area contributed by atoms with Crippen LogP contribution in [0.2, 0.25) is 0 Å². The maximum absolute atomic E-state index is 11.9. The Balaban J connectivity index is 2.57. The highest BCUT2D eigenvalue weighted by Crippen LogP contribution is 2.39. The molecule has 2 rings (SSSR count). The summed E-state index contributed by atoms with van der Waals surface area (Å²) >= 11 is 0. The van der Waals surface area contributed by atoms with Crippen molar-refractivity contribution in [3.63, 3.8) is 0 Å². The quantitative estimate of drug-likeness (QED) is 0.764. The molecule has 0 fully saturated rings. The van der Waals surface area contributed by atoms with E-state index in [1.807, 2.05) is 26.0 Å². The molecule has 0 spiro atoms. The van der Waals surface area contributed by atoms with E-state index in [1.54, 1.807) is 6.08 Å². The zero-order valence-corrected chi connectivity index (χ0v) is 11.4. The summed E-state index contributed by atoms with van der Waals surface area (Å²) in [6, 6.07) is 3.90. The third kappa shape index (κ3) is 2.14. The molecule has 1 aromatic rings. The van der Waals surface area contributed by atoms with Gasteiger partial charge in [-0.2, -0.15) is 0 Å². The van der Waals surface area contributed by atoms with Gasteiger partial charge >= 0.3 is 11.9 Å². The Labute approximate surface area is 112 Å². The van der Waals surface area contributed by atoms with Gasteiger partial charge in [-0.15, -0.1) is 0 Å². The molecule has 19 heavy (non-hydrogen) atoms. The monoisotopic (exact) mass is 260 g/mol. The maximum atomic E-state index is 11.9. The van der Waals surface area contributed by atoms with Crippen LogP contribution in [-0.2, 0) is 19.1 Å². The molecule has 1 unspecified atom stereocenters. The van der Waals surface area contributed by atoms with Crippen molar-refractivity contribution in [1.82, 2.24) is 0 Å². The number of ether oxygens (including phenoxy) is 2. The first kappa shape index (κ1) is 13.3. The lowest BCUT2D eigenvalue weighted by Crippen LogP contribution is -2.19. The molecule has 4 heteroatoms. The number of fused-ring (bicyclic) bond motifs is 1. The highest BCUT2D eigenvalue weighted by Gasteiger charge is 2.36. The van der Waals surface area contributed by atoms with E-state index >= 15 is 0 Å². The second-order valence-electron chi connectivity index (χ2n) is 4.61. The van der Waals surface area contributed by atoms with Crippen molar-refractivity contribution in [2.24, 2.45) is 0 Å². The molecule has 0 saturated heterocycles. The van der Waals surface area contributed by atoms with Crippen LogP contribution in [0.1, 0.15) is 28.2 Å². The van der Waals surface area contributed by atoms with Crippen LogP contribution in [0, 0.1) is 13.8 Å². The number of aryl methyl sites for hydroxylation is 2. The molecule has 4 nitrogen and oxygen atoms in total. The van der Waals surface area contributed by atoms with Crippen LogP contribution in [0.5, 0.6) is 0 Å². The minimum absolute atomic E-state index is 0.328. The van der Waals surface area contributed by atoms with Gasteiger partial charge in [0.05, 0.1) is 19.8 Å².